The molecule has 0 radical (unpaired) electrons. The predicted octanol–water partition coefficient (Wildman–Crippen LogP) is 9.07. The average Bonchev–Trinajstić information content (AvgIpc) is 2.94. The fourth-order valence-corrected chi connectivity index (χ4v) is 4.26. The van der Waals surface area contributed by atoms with Gasteiger partial charge in [0.25, 0.3) is 0 Å². The molecule has 4 nitrogen and oxygen atoms in total. The number of terminal acetylenes is 1. The molecule has 1 atom stereocenters. The Morgan fingerprint density at radius 2 is 1.66 bits per heavy atom. The van der Waals surface area contributed by atoms with Gasteiger partial charge >= 0.3 is 0 Å². The fraction of sp³-hybridized carbons (Fsp3) is 0.486. The molecule has 1 aliphatic heterocycles. The molecule has 1 fully saturated rings. The molecule has 1 aliphatic rings. The van der Waals surface area contributed by atoms with Crippen LogP contribution in [0.5, 0.6) is 0 Å². The highest BCUT2D eigenvalue weighted by atomic mass is 19.1. The number of nitrogens with zero attached hydrogens (tertiary/aromatic N) is 3. The van der Waals surface area contributed by atoms with Crippen molar-refractivity contribution in [2.45, 2.75) is 94.0 Å². The molecule has 0 aromatic heterocycles. The molecule has 6 heteroatoms. The minimum absolute atomic E-state index is 0.484. The molecule has 1 aromatic rings. The zero-order chi connectivity index (χ0) is 31.8. The molecule has 41 heavy (non-hydrogen) atoms. The Balaban J connectivity index is 0. The summed E-state index contributed by atoms with van der Waals surface area (Å²) in [7, 11) is 0. The Labute approximate surface area is 250 Å². The number of rotatable bonds is 9. The SMILES string of the molecule is C#C.C=CN=C(C)C(/C(=C\C)C(/CC)=N\C=C/C)=C(\C)N1CCNC(C)C1.CCC.CCCc1cc(F)cc(F)c1. The summed E-state index contributed by atoms with van der Waals surface area (Å²) in [5.41, 5.74) is 6.37. The van der Waals surface area contributed by atoms with E-state index in [1.54, 1.807) is 6.20 Å². The number of nitrogens with one attached hydrogen (secondary N) is 1. The van der Waals surface area contributed by atoms with Gasteiger partial charge in [0, 0.05) is 72.4 Å². The van der Waals surface area contributed by atoms with Crippen LogP contribution in [0, 0.1) is 24.5 Å². The van der Waals surface area contributed by atoms with Crippen LogP contribution in [0.2, 0.25) is 0 Å². The number of benzene rings is 1. The zero-order valence-electron chi connectivity index (χ0n) is 27.0. The smallest absolute Gasteiger partial charge is 0.126 e. The summed E-state index contributed by atoms with van der Waals surface area (Å²) in [6.45, 7) is 25.7. The first-order chi connectivity index (χ1) is 19.6. The maximum absolute atomic E-state index is 12.5. The number of aliphatic imine (C=N–C) groups is 2. The van der Waals surface area contributed by atoms with E-state index in [0.717, 1.165) is 67.5 Å². The van der Waals surface area contributed by atoms with Crippen molar-refractivity contribution in [3.05, 3.63) is 83.4 Å². The highest BCUT2D eigenvalue weighted by molar-refractivity contribution is 6.16. The van der Waals surface area contributed by atoms with Gasteiger partial charge in [-0.1, -0.05) is 59.3 Å². The summed E-state index contributed by atoms with van der Waals surface area (Å²) >= 11 is 0. The first-order valence-electron chi connectivity index (χ1n) is 14.6. The lowest BCUT2D eigenvalue weighted by atomic mass is 9.93. The van der Waals surface area contributed by atoms with Crippen molar-refractivity contribution >= 4 is 11.4 Å². The lowest BCUT2D eigenvalue weighted by molar-refractivity contribution is 0.255. The van der Waals surface area contributed by atoms with Crippen LogP contribution < -0.4 is 5.32 Å². The Bertz CT molecular complexity index is 1040. The van der Waals surface area contributed by atoms with Crippen molar-refractivity contribution in [1.29, 1.82) is 0 Å². The lowest BCUT2D eigenvalue weighted by Gasteiger charge is -2.36. The van der Waals surface area contributed by atoms with E-state index in [4.69, 9.17) is 0 Å². The first-order valence-corrected chi connectivity index (χ1v) is 14.6. The highest BCUT2D eigenvalue weighted by Gasteiger charge is 2.22. The number of allylic oxidation sites excluding steroid dienone is 5. The second-order valence-corrected chi connectivity index (χ2v) is 9.51. The van der Waals surface area contributed by atoms with Crippen molar-refractivity contribution < 1.29 is 8.78 Å². The lowest BCUT2D eigenvalue weighted by Crippen LogP contribution is -2.48. The summed E-state index contributed by atoms with van der Waals surface area (Å²) in [6.07, 6.45) is 19.4. The van der Waals surface area contributed by atoms with Crippen LogP contribution in [0.3, 0.4) is 0 Å². The van der Waals surface area contributed by atoms with Crippen LogP contribution in [-0.2, 0) is 6.42 Å². The summed E-state index contributed by atoms with van der Waals surface area (Å²) in [5.74, 6) is -0.984. The van der Waals surface area contributed by atoms with E-state index in [1.165, 1.54) is 29.8 Å². The van der Waals surface area contributed by atoms with E-state index in [0.29, 0.717) is 6.04 Å². The summed E-state index contributed by atoms with van der Waals surface area (Å²) in [6, 6.07) is 4.11. The van der Waals surface area contributed by atoms with E-state index in [-0.39, 0.29) is 0 Å². The van der Waals surface area contributed by atoms with Crippen LogP contribution >= 0.6 is 0 Å². The van der Waals surface area contributed by atoms with Gasteiger partial charge in [0.2, 0.25) is 0 Å². The molecular formula is C35H54F2N4. The van der Waals surface area contributed by atoms with Gasteiger partial charge in [0.1, 0.15) is 11.6 Å². The van der Waals surface area contributed by atoms with Gasteiger partial charge in [0.05, 0.1) is 0 Å². The summed E-state index contributed by atoms with van der Waals surface area (Å²) < 4.78 is 25.0. The summed E-state index contributed by atoms with van der Waals surface area (Å²) in [4.78, 5) is 11.6. The van der Waals surface area contributed by atoms with E-state index < -0.39 is 11.6 Å². The Morgan fingerprint density at radius 1 is 1.07 bits per heavy atom. The van der Waals surface area contributed by atoms with Gasteiger partial charge in [0.15, 0.2) is 0 Å². The molecule has 0 amide bonds. The number of aryl methyl sites for hydroxylation is 1. The van der Waals surface area contributed by atoms with Gasteiger partial charge in [-0.3, -0.25) is 9.98 Å². The number of piperazine rings is 1. The van der Waals surface area contributed by atoms with Crippen LogP contribution in [0.1, 0.15) is 87.1 Å². The van der Waals surface area contributed by atoms with Crippen LogP contribution in [0.4, 0.5) is 8.78 Å². The molecule has 0 bridgehead atoms. The molecule has 1 saturated heterocycles. The van der Waals surface area contributed by atoms with Gasteiger partial charge < -0.3 is 10.2 Å². The standard InChI is InChI=1S/C21H34N4.C9H10F2.C3H8.C2H2/c1-8-12-24-20(10-3)19(9-2)21(17(6)22-11-4)18(7)25-14-13-23-16(5)15-25;1-2-3-7-4-8(10)6-9(11)5-7;1-3-2;1-2/h8-9,11-12,16,23H,4,10,13-15H2,1-3,5-7H3;4-6H,2-3H2,1H3;3H2,1-2H3;1-2H/b12-8-,19-9-,21-18-,22-17?,24-20-;;;. The predicted molar refractivity (Wildman–Crippen MR) is 178 cm³/mol. The second-order valence-electron chi connectivity index (χ2n) is 9.51. The highest BCUT2D eigenvalue weighted by Crippen LogP contribution is 2.24. The van der Waals surface area contributed by atoms with Crippen LogP contribution in [0.25, 0.3) is 0 Å². The van der Waals surface area contributed by atoms with Crippen molar-refractivity contribution in [2.75, 3.05) is 19.6 Å². The molecular weight excluding hydrogens is 514 g/mol. The van der Waals surface area contributed by atoms with Crippen LogP contribution in [0.15, 0.2) is 76.2 Å². The Kier molecular flexibility index (Phi) is 23.8. The van der Waals surface area contributed by atoms with Crippen molar-refractivity contribution in [2.24, 2.45) is 9.98 Å². The van der Waals surface area contributed by atoms with Crippen molar-refractivity contribution in [3.63, 3.8) is 0 Å². The molecule has 0 aliphatic carbocycles. The maximum Gasteiger partial charge on any atom is 0.126 e. The Morgan fingerprint density at radius 3 is 2.10 bits per heavy atom. The van der Waals surface area contributed by atoms with E-state index in [2.05, 4.69) is 94.2 Å². The number of hydrogen-bond acceptors (Lipinski definition) is 4. The number of halogens is 2. The monoisotopic (exact) mass is 568 g/mol. The van der Waals surface area contributed by atoms with Crippen molar-refractivity contribution in [3.8, 4) is 12.8 Å². The van der Waals surface area contributed by atoms with Crippen LogP contribution in [-0.4, -0.2) is 42.0 Å². The van der Waals surface area contributed by atoms with Gasteiger partial charge in [-0.15, -0.1) is 12.8 Å². The van der Waals surface area contributed by atoms with Gasteiger partial charge in [-0.05, 0) is 65.2 Å². The van der Waals surface area contributed by atoms with Gasteiger partial charge in [-0.2, -0.15) is 0 Å². The number of hydrogen-bond donors (Lipinski definition) is 1. The second kappa shape index (κ2) is 24.5. The molecule has 1 unspecified atom stereocenters. The average molecular weight is 569 g/mol. The molecule has 2 rings (SSSR count). The molecule has 1 N–H and O–H groups in total. The molecule has 0 saturated carbocycles. The van der Waals surface area contributed by atoms with E-state index >= 15 is 0 Å². The van der Waals surface area contributed by atoms with Gasteiger partial charge in [-0.25, -0.2) is 8.78 Å². The third-order valence-corrected chi connectivity index (χ3v) is 5.90. The van der Waals surface area contributed by atoms with E-state index in [1.807, 2.05) is 26.1 Å². The third-order valence-electron chi connectivity index (χ3n) is 5.90. The molecule has 228 valence electrons. The van der Waals surface area contributed by atoms with Crippen molar-refractivity contribution in [1.82, 2.24) is 10.2 Å². The quantitative estimate of drug-likeness (QED) is 0.183. The maximum atomic E-state index is 12.5. The first kappa shape index (κ1) is 39.8. The third kappa shape index (κ3) is 15.9. The molecule has 1 aromatic carbocycles. The Hall–Kier alpha value is -3.30. The largest absolute Gasteiger partial charge is 0.372 e. The minimum Gasteiger partial charge on any atom is -0.372 e. The normalized spacial score (nSPS) is 16.4. The zero-order valence-corrected chi connectivity index (χ0v) is 27.0. The minimum atomic E-state index is -0.492. The molecule has 0 spiro atoms. The molecule has 1 heterocycles. The van der Waals surface area contributed by atoms with E-state index in [9.17, 15) is 8.78 Å². The topological polar surface area (TPSA) is 40.0 Å². The fourth-order valence-electron chi connectivity index (χ4n) is 4.26. The summed E-state index contributed by atoms with van der Waals surface area (Å²) in [5, 5.41) is 3.51.